The van der Waals surface area contributed by atoms with Crippen molar-refractivity contribution in [3.63, 3.8) is 0 Å². The minimum Gasteiger partial charge on any atom is -0.375 e. The van der Waals surface area contributed by atoms with E-state index in [-0.39, 0.29) is 6.04 Å². The maximum absolute atomic E-state index is 4.25. The van der Waals surface area contributed by atoms with E-state index in [1.165, 1.54) is 11.3 Å². The largest absolute Gasteiger partial charge is 0.375 e. The lowest BCUT2D eigenvalue weighted by atomic mass is 10.1. The Morgan fingerprint density at radius 2 is 2.11 bits per heavy atom. The summed E-state index contributed by atoms with van der Waals surface area (Å²) >= 11 is 0. The molecule has 0 saturated carbocycles. The van der Waals surface area contributed by atoms with Crippen LogP contribution in [-0.4, -0.2) is 19.6 Å². The van der Waals surface area contributed by atoms with Crippen molar-refractivity contribution < 1.29 is 0 Å². The molecule has 5 nitrogen and oxygen atoms in total. The fraction of sp³-hybridized carbons (Fsp3) is 0.154. The topological polar surface area (TPSA) is 55.1 Å². The first-order chi connectivity index (χ1) is 8.92. The molecule has 1 aliphatic heterocycles. The van der Waals surface area contributed by atoms with Crippen LogP contribution in [0.4, 0.5) is 5.69 Å². The van der Waals surface area contributed by atoms with Crippen LogP contribution in [0.25, 0.3) is 5.78 Å². The maximum atomic E-state index is 4.25. The van der Waals surface area contributed by atoms with Crippen molar-refractivity contribution in [2.24, 2.45) is 0 Å². The van der Waals surface area contributed by atoms with E-state index in [4.69, 9.17) is 0 Å². The number of para-hydroxylation sites is 1. The van der Waals surface area contributed by atoms with Gasteiger partial charge in [0.05, 0.1) is 6.04 Å². The van der Waals surface area contributed by atoms with Crippen LogP contribution in [0, 0.1) is 0 Å². The van der Waals surface area contributed by atoms with Crippen LogP contribution < -0.4 is 5.32 Å². The number of aromatic nitrogens is 4. The van der Waals surface area contributed by atoms with Crippen LogP contribution in [0.1, 0.15) is 17.4 Å². The summed E-state index contributed by atoms with van der Waals surface area (Å²) in [7, 11) is 0. The Hall–Kier alpha value is -2.43. The summed E-state index contributed by atoms with van der Waals surface area (Å²) in [5.41, 5.74) is 2.51. The van der Waals surface area contributed by atoms with E-state index >= 15 is 0 Å². The maximum Gasteiger partial charge on any atom is 0.255 e. The predicted octanol–water partition coefficient (Wildman–Crippen LogP) is 1.83. The summed E-state index contributed by atoms with van der Waals surface area (Å²) in [6.45, 7) is 0. The molecular formula is C13H11N5. The highest BCUT2D eigenvalue weighted by Crippen LogP contribution is 2.32. The molecule has 1 aromatic carbocycles. The fourth-order valence-electron chi connectivity index (χ4n) is 2.45. The molecule has 0 fully saturated rings. The zero-order chi connectivity index (χ0) is 11.9. The Kier molecular flexibility index (Phi) is 1.88. The first-order valence-electron chi connectivity index (χ1n) is 5.92. The summed E-state index contributed by atoms with van der Waals surface area (Å²) < 4.78 is 1.93. The van der Waals surface area contributed by atoms with Crippen molar-refractivity contribution in [3.05, 3.63) is 54.1 Å². The lowest BCUT2D eigenvalue weighted by Crippen LogP contribution is -2.10. The Morgan fingerprint density at radius 1 is 1.17 bits per heavy atom. The van der Waals surface area contributed by atoms with E-state index in [2.05, 4.69) is 38.7 Å². The number of hydrogen-bond donors (Lipinski definition) is 1. The average Bonchev–Trinajstić information content (AvgIpc) is 3.02. The average molecular weight is 237 g/mol. The summed E-state index contributed by atoms with van der Waals surface area (Å²) in [4.78, 5) is 4.18. The summed E-state index contributed by atoms with van der Waals surface area (Å²) in [5.74, 6) is 1.56. The molecular weight excluding hydrogens is 226 g/mol. The molecule has 1 N–H and O–H groups in total. The molecule has 0 spiro atoms. The van der Waals surface area contributed by atoms with Crippen molar-refractivity contribution in [2.75, 3.05) is 5.32 Å². The van der Waals surface area contributed by atoms with Crippen molar-refractivity contribution in [1.29, 1.82) is 0 Å². The van der Waals surface area contributed by atoms with Crippen LogP contribution in [-0.2, 0) is 6.42 Å². The molecule has 2 aromatic heterocycles. The molecule has 1 aliphatic rings. The van der Waals surface area contributed by atoms with Crippen molar-refractivity contribution >= 4 is 11.5 Å². The second-order valence-electron chi connectivity index (χ2n) is 4.41. The van der Waals surface area contributed by atoms with Gasteiger partial charge in [-0.1, -0.05) is 18.2 Å². The lowest BCUT2D eigenvalue weighted by Gasteiger charge is -2.08. The minimum absolute atomic E-state index is 0.168. The number of nitrogens with zero attached hydrogens (tertiary/aromatic N) is 4. The van der Waals surface area contributed by atoms with E-state index in [0.29, 0.717) is 5.78 Å². The van der Waals surface area contributed by atoms with Gasteiger partial charge in [-0.25, -0.2) is 4.98 Å². The molecule has 0 radical (unpaired) electrons. The van der Waals surface area contributed by atoms with Crippen LogP contribution in [0.5, 0.6) is 0 Å². The van der Waals surface area contributed by atoms with Crippen LogP contribution in [0.3, 0.4) is 0 Å². The molecule has 18 heavy (non-hydrogen) atoms. The molecule has 5 heteroatoms. The van der Waals surface area contributed by atoms with Crippen molar-refractivity contribution in [1.82, 2.24) is 19.6 Å². The first kappa shape index (κ1) is 9.58. The van der Waals surface area contributed by atoms with Gasteiger partial charge in [-0.2, -0.15) is 0 Å². The Bertz CT molecular complexity index is 693. The van der Waals surface area contributed by atoms with Gasteiger partial charge >= 0.3 is 0 Å². The second-order valence-corrected chi connectivity index (χ2v) is 4.41. The van der Waals surface area contributed by atoms with Gasteiger partial charge in [0.25, 0.3) is 5.78 Å². The van der Waals surface area contributed by atoms with Crippen molar-refractivity contribution in [2.45, 2.75) is 12.5 Å². The van der Waals surface area contributed by atoms with E-state index in [1.807, 2.05) is 22.7 Å². The SMILES string of the molecule is c1ccc2c(c1)CC(c1nnc3ncccn13)N2. The number of rotatable bonds is 1. The standard InChI is InChI=1S/C13H11N5/c1-2-5-10-9(4-1)8-11(15-10)12-16-17-13-14-6-3-7-18(12)13/h1-7,11,15H,8H2. The number of fused-ring (bicyclic) bond motifs is 2. The smallest absolute Gasteiger partial charge is 0.255 e. The highest BCUT2D eigenvalue weighted by molar-refractivity contribution is 5.57. The zero-order valence-corrected chi connectivity index (χ0v) is 9.61. The number of benzene rings is 1. The van der Waals surface area contributed by atoms with Crippen molar-refractivity contribution in [3.8, 4) is 0 Å². The molecule has 4 rings (SSSR count). The fourth-order valence-corrected chi connectivity index (χ4v) is 2.45. The third kappa shape index (κ3) is 1.30. The third-order valence-corrected chi connectivity index (χ3v) is 3.30. The third-order valence-electron chi connectivity index (χ3n) is 3.30. The predicted molar refractivity (Wildman–Crippen MR) is 67.3 cm³/mol. The summed E-state index contributed by atoms with van der Waals surface area (Å²) in [6, 6.07) is 10.4. The van der Waals surface area contributed by atoms with Gasteiger partial charge in [0, 0.05) is 24.5 Å². The monoisotopic (exact) mass is 237 g/mol. The molecule has 0 aliphatic carbocycles. The van der Waals surface area contributed by atoms with Gasteiger partial charge in [0.2, 0.25) is 0 Å². The lowest BCUT2D eigenvalue weighted by molar-refractivity contribution is 0.734. The van der Waals surface area contributed by atoms with Gasteiger partial charge < -0.3 is 5.32 Å². The van der Waals surface area contributed by atoms with Crippen LogP contribution >= 0.6 is 0 Å². The Morgan fingerprint density at radius 3 is 3.06 bits per heavy atom. The molecule has 1 unspecified atom stereocenters. The number of nitrogens with one attached hydrogen (secondary N) is 1. The van der Waals surface area contributed by atoms with Crippen LogP contribution in [0.2, 0.25) is 0 Å². The zero-order valence-electron chi connectivity index (χ0n) is 9.61. The highest BCUT2D eigenvalue weighted by atomic mass is 15.3. The number of anilines is 1. The van der Waals surface area contributed by atoms with Gasteiger partial charge in [0.15, 0.2) is 5.82 Å². The van der Waals surface area contributed by atoms with E-state index in [9.17, 15) is 0 Å². The minimum atomic E-state index is 0.168. The quantitative estimate of drug-likeness (QED) is 0.701. The van der Waals surface area contributed by atoms with E-state index < -0.39 is 0 Å². The molecule has 3 aromatic rings. The number of hydrogen-bond acceptors (Lipinski definition) is 4. The van der Waals surface area contributed by atoms with Gasteiger partial charge in [-0.15, -0.1) is 10.2 Å². The molecule has 88 valence electrons. The molecule has 1 atom stereocenters. The molecule has 0 amide bonds. The first-order valence-corrected chi connectivity index (χ1v) is 5.92. The summed E-state index contributed by atoms with van der Waals surface area (Å²) in [6.07, 6.45) is 4.61. The van der Waals surface area contributed by atoms with E-state index in [1.54, 1.807) is 6.20 Å². The normalized spacial score (nSPS) is 17.7. The molecule has 0 saturated heterocycles. The van der Waals surface area contributed by atoms with Gasteiger partial charge in [0.1, 0.15) is 0 Å². The van der Waals surface area contributed by atoms with E-state index in [0.717, 1.165) is 12.2 Å². The molecule has 0 bridgehead atoms. The van der Waals surface area contributed by atoms with Gasteiger partial charge in [-0.05, 0) is 17.7 Å². The Balaban J connectivity index is 1.78. The Labute approximate surface area is 104 Å². The molecule has 3 heterocycles. The van der Waals surface area contributed by atoms with Crippen LogP contribution in [0.15, 0.2) is 42.7 Å². The second kappa shape index (κ2) is 3.53. The highest BCUT2D eigenvalue weighted by Gasteiger charge is 2.25. The summed E-state index contributed by atoms with van der Waals surface area (Å²) in [5, 5.41) is 11.8. The van der Waals surface area contributed by atoms with Gasteiger partial charge in [-0.3, -0.25) is 4.40 Å².